The fraction of sp³-hybridized carbons (Fsp3) is 0.300. The first-order chi connectivity index (χ1) is 13.6. The first-order valence-electron chi connectivity index (χ1n) is 8.81. The minimum absolute atomic E-state index is 0. The molecule has 0 aliphatic rings. The van der Waals surface area contributed by atoms with E-state index in [2.05, 4.69) is 74.4 Å². The van der Waals surface area contributed by atoms with Crippen molar-refractivity contribution in [3.63, 3.8) is 0 Å². The van der Waals surface area contributed by atoms with Crippen molar-refractivity contribution < 1.29 is 29.6 Å². The maximum absolute atomic E-state index is 9.53. The third-order valence-electron chi connectivity index (χ3n) is 3.99. The third kappa shape index (κ3) is 6.71. The van der Waals surface area contributed by atoms with E-state index in [0.717, 1.165) is 34.2 Å². The average molecular weight is 584 g/mol. The SMILES string of the molecule is C=[C-]C([CH2-])=O.Cc1cc(C)n([B-](n2nc(C)cc2C)n2nc(C)cc2C)n1.[C-]#[O+].[Ir+3]. The monoisotopic (exact) mass is 585 g/mol. The Balaban J connectivity index is 0.000000927. The largest absolute Gasteiger partial charge is 3.00 e. The van der Waals surface area contributed by atoms with E-state index in [-0.39, 0.29) is 33.0 Å². The first-order valence-corrected chi connectivity index (χ1v) is 8.81. The zero-order valence-corrected chi connectivity index (χ0v) is 20.5. The summed E-state index contributed by atoms with van der Waals surface area (Å²) in [5.74, 6) is -0.356. The van der Waals surface area contributed by atoms with Crippen LogP contribution < -0.4 is 0 Å². The van der Waals surface area contributed by atoms with E-state index in [0.29, 0.717) is 0 Å². The molecule has 0 saturated heterocycles. The smallest absolute Gasteiger partial charge is 3.00 e. The van der Waals surface area contributed by atoms with Crippen molar-refractivity contribution in [2.75, 3.05) is 0 Å². The normalized spacial score (nSPS) is 9.63. The summed E-state index contributed by atoms with van der Waals surface area (Å²) in [5.41, 5.74) is 6.23. The second-order valence-electron chi connectivity index (χ2n) is 6.56. The molecule has 10 heteroatoms. The summed E-state index contributed by atoms with van der Waals surface area (Å²) in [7, 11) is -0.226. The Kier molecular flexibility index (Phi) is 11.1. The van der Waals surface area contributed by atoms with Gasteiger partial charge in [0.2, 0.25) is 0 Å². The van der Waals surface area contributed by atoms with Crippen molar-refractivity contribution in [2.24, 2.45) is 0 Å². The van der Waals surface area contributed by atoms with Crippen LogP contribution in [-0.4, -0.2) is 42.0 Å². The predicted octanol–water partition coefficient (Wildman–Crippen LogP) is 2.39. The number of carbonyl (C=O) groups is 1. The van der Waals surface area contributed by atoms with Crippen LogP contribution in [0.2, 0.25) is 0 Å². The Morgan fingerprint density at radius 1 is 0.900 bits per heavy atom. The molecule has 0 bridgehead atoms. The van der Waals surface area contributed by atoms with Crippen LogP contribution in [0.15, 0.2) is 24.8 Å². The number of aromatic nitrogens is 6. The van der Waals surface area contributed by atoms with Gasteiger partial charge in [-0.2, -0.15) is 5.78 Å². The van der Waals surface area contributed by atoms with E-state index < -0.39 is 0 Å². The van der Waals surface area contributed by atoms with Crippen LogP contribution in [0.5, 0.6) is 0 Å². The van der Waals surface area contributed by atoms with E-state index in [9.17, 15) is 4.79 Å². The molecule has 3 aromatic rings. The predicted molar refractivity (Wildman–Crippen MR) is 110 cm³/mol. The van der Waals surface area contributed by atoms with E-state index in [4.69, 9.17) is 4.65 Å². The molecule has 30 heavy (non-hydrogen) atoms. The fourth-order valence-corrected chi connectivity index (χ4v) is 2.95. The van der Waals surface area contributed by atoms with Crippen LogP contribution >= 0.6 is 0 Å². The molecule has 0 unspecified atom stereocenters. The van der Waals surface area contributed by atoms with E-state index in [1.165, 1.54) is 0 Å². The van der Waals surface area contributed by atoms with Crippen LogP contribution in [0.3, 0.4) is 0 Å². The number of hydrogen-bond donors (Lipinski definition) is 0. The van der Waals surface area contributed by atoms with E-state index in [1.54, 1.807) is 0 Å². The van der Waals surface area contributed by atoms with Crippen molar-refractivity contribution >= 4 is 12.9 Å². The topological polar surface area (TPSA) is 90.4 Å². The van der Waals surface area contributed by atoms with Crippen LogP contribution in [0.4, 0.5) is 0 Å². The van der Waals surface area contributed by atoms with Gasteiger partial charge in [-0.3, -0.25) is 6.58 Å². The molecule has 159 valence electrons. The quantitative estimate of drug-likeness (QED) is 0.204. The fourth-order valence-electron chi connectivity index (χ4n) is 2.95. The Morgan fingerprint density at radius 2 is 1.13 bits per heavy atom. The maximum Gasteiger partial charge on any atom is 3.00 e. The van der Waals surface area contributed by atoms with Crippen molar-refractivity contribution in [3.05, 3.63) is 78.6 Å². The molecule has 0 spiro atoms. The molecule has 0 aliphatic carbocycles. The molecule has 1 radical (unpaired) electrons. The Labute approximate surface area is 191 Å². The molecule has 0 fully saturated rings. The molecular formula is C20H25BIrN6O2. The number of nitrogens with zero attached hydrogens (tertiary/aromatic N) is 6. The van der Waals surface area contributed by atoms with Gasteiger partial charge in [0.15, 0.2) is 0 Å². The number of carbonyl (C=O) groups excluding carboxylic acids is 1. The van der Waals surface area contributed by atoms with Gasteiger partial charge in [0, 0.05) is 0 Å². The zero-order valence-electron chi connectivity index (χ0n) is 18.1. The summed E-state index contributed by atoms with van der Waals surface area (Å²) in [5, 5.41) is 14.0. The Bertz CT molecular complexity index is 908. The number of aryl methyl sites for hydroxylation is 6. The number of allylic oxidation sites excluding steroid dienone is 1. The van der Waals surface area contributed by atoms with E-state index in [1.807, 2.05) is 40.6 Å². The van der Waals surface area contributed by atoms with Crippen LogP contribution in [0, 0.1) is 61.2 Å². The molecule has 0 N–H and O–H groups in total. The minimum Gasteiger partial charge on any atom is 3.00 e. The molecule has 3 aromatic heterocycles. The summed E-state index contributed by atoms with van der Waals surface area (Å²) in [6.07, 6.45) is 2.03. The standard InChI is InChI=1S/C15H21BN6.C4H4O.CO.Ir/c1-10-7-13(4)20(17-10)16(21-14(5)8-11(2)18-21)22-15(6)9-12(3)19-22;1-3-4(2)5;1-2;/h7-9H,1-6H3;1-2H2;;/q-1;-2;;+3. The molecule has 0 amide bonds. The molecule has 0 saturated carbocycles. The first kappa shape index (κ1) is 27.4. The molecule has 3 rings (SSSR count). The Hall–Kier alpha value is -2.64. The van der Waals surface area contributed by atoms with Crippen molar-refractivity contribution in [1.29, 1.82) is 0 Å². The summed E-state index contributed by atoms with van der Waals surface area (Å²) >= 11 is 0. The van der Waals surface area contributed by atoms with Gasteiger partial charge >= 0.3 is 31.4 Å². The summed E-state index contributed by atoms with van der Waals surface area (Å²) in [4.78, 5) is 9.53. The van der Waals surface area contributed by atoms with Gasteiger partial charge in [-0.15, -0.1) is 0 Å². The average Bonchev–Trinajstić information content (AvgIpc) is 3.28. The van der Waals surface area contributed by atoms with Crippen molar-refractivity contribution in [2.45, 2.75) is 41.5 Å². The number of hydrogen-bond acceptors (Lipinski definition) is 4. The van der Waals surface area contributed by atoms with Crippen LogP contribution in [0.25, 0.3) is 0 Å². The maximum atomic E-state index is 9.53. The number of rotatable bonds is 4. The molecule has 0 aliphatic heterocycles. The van der Waals surface area contributed by atoms with Gasteiger partial charge in [0.25, 0.3) is 7.12 Å². The Morgan fingerprint density at radius 3 is 1.27 bits per heavy atom. The van der Waals surface area contributed by atoms with E-state index >= 15 is 0 Å². The van der Waals surface area contributed by atoms with Gasteiger partial charge in [0.1, 0.15) is 0 Å². The minimum atomic E-state index is -0.356. The van der Waals surface area contributed by atoms with Crippen molar-refractivity contribution in [1.82, 2.24) is 29.1 Å². The van der Waals surface area contributed by atoms with Gasteiger partial charge in [-0.25, -0.2) is 15.3 Å². The molecule has 0 aromatic carbocycles. The van der Waals surface area contributed by atoms with Gasteiger partial charge in [-0.05, 0) is 76.8 Å². The van der Waals surface area contributed by atoms with Gasteiger partial charge < -0.3 is 31.6 Å². The van der Waals surface area contributed by atoms with Crippen molar-refractivity contribution in [3.8, 4) is 0 Å². The number of ketones is 1. The molecular weight excluding hydrogens is 559 g/mol. The second-order valence-corrected chi connectivity index (χ2v) is 6.56. The summed E-state index contributed by atoms with van der Waals surface area (Å²) in [6, 6.07) is 6.22. The summed E-state index contributed by atoms with van der Waals surface area (Å²) < 4.78 is 13.4. The third-order valence-corrected chi connectivity index (χ3v) is 3.99. The van der Waals surface area contributed by atoms with Gasteiger partial charge in [0.05, 0.1) is 17.1 Å². The van der Waals surface area contributed by atoms with Crippen LogP contribution in [-0.2, 0) is 29.6 Å². The zero-order chi connectivity index (χ0) is 22.3. The second kappa shape index (κ2) is 12.1. The molecule has 0 atom stereocenters. The molecule has 3 heterocycles. The molecule has 8 nitrogen and oxygen atoms in total. The summed E-state index contributed by atoms with van der Waals surface area (Å²) in [6.45, 7) is 22.7. The van der Waals surface area contributed by atoms with Gasteiger partial charge in [-0.1, -0.05) is 0 Å². The number of Topliss-reactive ketones (excluding diaryl/α,β-unsaturated/α-hetero) is 1. The van der Waals surface area contributed by atoms with Crippen LogP contribution in [0.1, 0.15) is 34.2 Å².